The van der Waals surface area contributed by atoms with E-state index >= 15 is 0 Å². The number of rotatable bonds is 2. The van der Waals surface area contributed by atoms with Crippen molar-refractivity contribution in [1.82, 2.24) is 4.90 Å². The Bertz CT molecular complexity index is 407. The van der Waals surface area contributed by atoms with Crippen molar-refractivity contribution in [3.8, 4) is 0 Å². The minimum absolute atomic E-state index is 0.00852. The van der Waals surface area contributed by atoms with Gasteiger partial charge < -0.3 is 9.64 Å². The molecule has 1 aliphatic rings. The maximum Gasteiger partial charge on any atom is 0.410 e. The summed E-state index contributed by atoms with van der Waals surface area (Å²) >= 11 is 0. The van der Waals surface area contributed by atoms with Gasteiger partial charge in [-0.05, 0) is 45.6 Å². The van der Waals surface area contributed by atoms with Crippen molar-refractivity contribution in [2.75, 3.05) is 7.05 Å². The zero-order valence-electron chi connectivity index (χ0n) is 12.9. The Morgan fingerprint density at radius 3 is 2.53 bits per heavy atom. The first-order valence-electron chi connectivity index (χ1n) is 6.73. The molecule has 0 saturated heterocycles. The monoisotopic (exact) mass is 261 g/mol. The molecule has 0 aromatic heterocycles. The average molecular weight is 261 g/mol. The molecule has 1 unspecified atom stereocenters. The fraction of sp³-hybridized carbons (Fsp3) is 0.667. The molecule has 0 N–H and O–H groups in total. The summed E-state index contributed by atoms with van der Waals surface area (Å²) in [5.41, 5.74) is 1.63. The second-order valence-electron chi connectivity index (χ2n) is 6.28. The van der Waals surface area contributed by atoms with E-state index in [1.807, 2.05) is 39.8 Å². The zero-order chi connectivity index (χ0) is 14.8. The molecule has 1 aliphatic carbocycles. The van der Waals surface area contributed by atoms with Crippen molar-refractivity contribution in [1.29, 1.82) is 0 Å². The summed E-state index contributed by atoms with van der Waals surface area (Å²) in [6.07, 6.45) is 4.50. The number of likely N-dealkylation sites (N-methyl/N-ethyl adjacent to an activating group) is 1. The van der Waals surface area contributed by atoms with E-state index in [9.17, 15) is 4.79 Å². The number of allylic oxidation sites excluding steroid dienone is 3. The van der Waals surface area contributed by atoms with Crippen molar-refractivity contribution in [3.05, 3.63) is 23.2 Å². The summed E-state index contributed by atoms with van der Waals surface area (Å²) in [4.78, 5) is 13.7. The van der Waals surface area contributed by atoms with Crippen LogP contribution < -0.4 is 0 Å². The second kappa shape index (κ2) is 5.85. The van der Waals surface area contributed by atoms with Crippen LogP contribution in [0.1, 0.15) is 41.0 Å². The summed E-state index contributed by atoms with van der Waals surface area (Å²) in [7, 11) is 7.59. The van der Waals surface area contributed by atoms with Crippen LogP contribution in [0, 0.1) is 5.92 Å². The molecule has 4 heteroatoms. The van der Waals surface area contributed by atoms with Gasteiger partial charge in [-0.15, -0.1) is 5.47 Å². The number of nitrogens with zero attached hydrogens (tertiary/aromatic N) is 1. The number of ether oxygens (including phenoxy) is 1. The summed E-state index contributed by atoms with van der Waals surface area (Å²) in [6, 6.07) is 0.00852. The molecule has 0 bridgehead atoms. The van der Waals surface area contributed by atoms with Crippen molar-refractivity contribution >= 4 is 13.9 Å². The van der Waals surface area contributed by atoms with Crippen molar-refractivity contribution in [2.24, 2.45) is 5.92 Å². The van der Waals surface area contributed by atoms with E-state index in [0.29, 0.717) is 5.92 Å². The van der Waals surface area contributed by atoms with Crippen LogP contribution in [0.2, 0.25) is 0 Å². The lowest BCUT2D eigenvalue weighted by Gasteiger charge is -2.33. The topological polar surface area (TPSA) is 29.5 Å². The molecule has 0 fully saturated rings. The Labute approximate surface area is 118 Å². The van der Waals surface area contributed by atoms with Gasteiger partial charge in [-0.3, -0.25) is 0 Å². The van der Waals surface area contributed by atoms with Gasteiger partial charge in [0, 0.05) is 7.05 Å². The molecule has 0 aromatic carbocycles. The molecule has 0 spiro atoms. The van der Waals surface area contributed by atoms with E-state index in [2.05, 4.69) is 6.92 Å². The van der Waals surface area contributed by atoms with Crippen LogP contribution in [0.4, 0.5) is 4.79 Å². The predicted octanol–water partition coefficient (Wildman–Crippen LogP) is 3.26. The van der Waals surface area contributed by atoms with Gasteiger partial charge in [0.1, 0.15) is 13.4 Å². The number of amides is 1. The normalized spacial score (nSPS) is 21.3. The van der Waals surface area contributed by atoms with Gasteiger partial charge in [-0.25, -0.2) is 4.79 Å². The minimum atomic E-state index is -0.470. The van der Waals surface area contributed by atoms with Gasteiger partial charge in [-0.1, -0.05) is 19.1 Å². The molecule has 3 nitrogen and oxygen atoms in total. The van der Waals surface area contributed by atoms with Gasteiger partial charge in [0.15, 0.2) is 0 Å². The highest BCUT2D eigenvalue weighted by Gasteiger charge is 2.27. The molecule has 19 heavy (non-hydrogen) atoms. The lowest BCUT2D eigenvalue weighted by atomic mass is 9.78. The van der Waals surface area contributed by atoms with Crippen LogP contribution >= 0.6 is 0 Å². The average Bonchev–Trinajstić information content (AvgIpc) is 2.24. The number of carbonyl (C=O) groups is 1. The molecule has 104 valence electrons. The minimum Gasteiger partial charge on any atom is -0.444 e. The van der Waals surface area contributed by atoms with Crippen LogP contribution in [0.25, 0.3) is 0 Å². The lowest BCUT2D eigenvalue weighted by Crippen LogP contribution is -2.41. The molecular weight excluding hydrogens is 237 g/mol. The first-order valence-corrected chi connectivity index (χ1v) is 6.73. The quantitative estimate of drug-likeness (QED) is 0.714. The molecule has 2 radical (unpaired) electrons. The molecule has 0 aliphatic heterocycles. The van der Waals surface area contributed by atoms with Gasteiger partial charge in [0.2, 0.25) is 0 Å². The van der Waals surface area contributed by atoms with Crippen LogP contribution in [-0.4, -0.2) is 37.5 Å². The Morgan fingerprint density at radius 2 is 2.05 bits per heavy atom. The van der Waals surface area contributed by atoms with E-state index in [4.69, 9.17) is 12.6 Å². The van der Waals surface area contributed by atoms with Crippen LogP contribution in [0.15, 0.2) is 23.2 Å². The second-order valence-corrected chi connectivity index (χ2v) is 6.28. The maximum atomic E-state index is 12.1. The molecular formula is C15H24BNO2. The number of hydrogen-bond donors (Lipinski definition) is 0. The highest BCUT2D eigenvalue weighted by Crippen LogP contribution is 2.28. The summed E-state index contributed by atoms with van der Waals surface area (Å²) in [5.74, 6) is 0.352. The first-order chi connectivity index (χ1) is 8.61. The van der Waals surface area contributed by atoms with Crippen LogP contribution in [0.3, 0.4) is 0 Å². The summed E-state index contributed by atoms with van der Waals surface area (Å²) < 4.78 is 5.39. The van der Waals surface area contributed by atoms with Crippen molar-refractivity contribution in [2.45, 2.75) is 52.7 Å². The summed E-state index contributed by atoms with van der Waals surface area (Å²) in [6.45, 7) is 9.76. The Kier molecular flexibility index (Phi) is 4.89. The predicted molar refractivity (Wildman–Crippen MR) is 79.2 cm³/mol. The maximum absolute atomic E-state index is 12.1. The fourth-order valence-corrected chi connectivity index (χ4v) is 2.17. The van der Waals surface area contributed by atoms with Crippen molar-refractivity contribution < 1.29 is 9.53 Å². The van der Waals surface area contributed by atoms with E-state index in [1.165, 1.54) is 5.57 Å². The van der Waals surface area contributed by atoms with Crippen molar-refractivity contribution in [3.63, 3.8) is 0 Å². The third-order valence-electron chi connectivity index (χ3n) is 3.35. The van der Waals surface area contributed by atoms with Gasteiger partial charge in [0.25, 0.3) is 0 Å². The Hall–Kier alpha value is -1.19. The highest BCUT2D eigenvalue weighted by atomic mass is 16.6. The SMILES string of the molecule is [B]C1=CC=C([C@H](C)N(C)C(=O)OC(C)(C)C)C(C)C1. The number of hydrogen-bond acceptors (Lipinski definition) is 2. The zero-order valence-corrected chi connectivity index (χ0v) is 12.9. The van der Waals surface area contributed by atoms with Crippen LogP contribution in [-0.2, 0) is 4.74 Å². The third kappa shape index (κ3) is 4.44. The van der Waals surface area contributed by atoms with E-state index < -0.39 is 5.60 Å². The van der Waals surface area contributed by atoms with Gasteiger partial charge in [0.05, 0.1) is 6.04 Å². The van der Waals surface area contributed by atoms with E-state index in [1.54, 1.807) is 11.9 Å². The van der Waals surface area contributed by atoms with E-state index in [0.717, 1.165) is 11.9 Å². The summed E-state index contributed by atoms with van der Waals surface area (Å²) in [5, 5.41) is 0. The fourth-order valence-electron chi connectivity index (χ4n) is 2.17. The molecule has 2 atom stereocenters. The molecule has 0 saturated carbocycles. The number of carbonyl (C=O) groups excluding carboxylic acids is 1. The van der Waals surface area contributed by atoms with Crippen LogP contribution in [0.5, 0.6) is 0 Å². The molecule has 0 aromatic rings. The molecule has 1 rings (SSSR count). The standard InChI is InChI=1S/C15H24BNO2/c1-10-9-12(16)7-8-13(10)11(2)17(6)14(18)19-15(3,4)5/h7-8,10-11H,9H2,1-6H3/t10?,11-/m0/s1. The lowest BCUT2D eigenvalue weighted by molar-refractivity contribution is 0.0254. The molecule has 1 amide bonds. The van der Waals surface area contributed by atoms with Gasteiger partial charge >= 0.3 is 6.09 Å². The van der Waals surface area contributed by atoms with E-state index in [-0.39, 0.29) is 12.1 Å². The Morgan fingerprint density at radius 1 is 1.47 bits per heavy atom. The highest BCUT2D eigenvalue weighted by molar-refractivity contribution is 6.21. The first kappa shape index (κ1) is 15.9. The Balaban J connectivity index is 2.77. The molecule has 0 heterocycles. The third-order valence-corrected chi connectivity index (χ3v) is 3.35. The van der Waals surface area contributed by atoms with Gasteiger partial charge in [-0.2, -0.15) is 0 Å². The smallest absolute Gasteiger partial charge is 0.410 e. The largest absolute Gasteiger partial charge is 0.444 e.